The van der Waals surface area contributed by atoms with E-state index < -0.39 is 12.0 Å². The van der Waals surface area contributed by atoms with Crippen LogP contribution in [0.1, 0.15) is 23.7 Å². The summed E-state index contributed by atoms with van der Waals surface area (Å²) in [6.07, 6.45) is 0.691. The van der Waals surface area contributed by atoms with Gasteiger partial charge in [-0.3, -0.25) is 4.79 Å². The number of carboxylic acid groups (broad SMARTS) is 1. The van der Waals surface area contributed by atoms with Crippen LogP contribution in [-0.4, -0.2) is 39.1 Å². The number of nitrogen functional groups attached to an aromatic ring is 1. The first kappa shape index (κ1) is 15.0. The van der Waals surface area contributed by atoms with Crippen molar-refractivity contribution < 1.29 is 14.7 Å². The zero-order chi connectivity index (χ0) is 14.9. The molecule has 1 aliphatic heterocycles. The first-order valence-electron chi connectivity index (χ1n) is 6.17. The Morgan fingerprint density at radius 3 is 2.75 bits per heavy atom. The number of benzene rings is 1. The van der Waals surface area contributed by atoms with Crippen molar-refractivity contribution >= 4 is 40.9 Å². The molecule has 1 aromatic rings. The molecule has 5 nitrogen and oxygen atoms in total. The molecule has 2 rings (SSSR count). The summed E-state index contributed by atoms with van der Waals surface area (Å²) >= 11 is 7.38. The minimum Gasteiger partial charge on any atom is -0.480 e. The molecule has 0 aromatic heterocycles. The van der Waals surface area contributed by atoms with E-state index in [1.165, 1.54) is 28.8 Å². The molecule has 108 valence electrons. The van der Waals surface area contributed by atoms with Gasteiger partial charge in [-0.25, -0.2) is 4.79 Å². The zero-order valence-corrected chi connectivity index (χ0v) is 12.4. The highest BCUT2D eigenvalue weighted by Gasteiger charge is 2.41. The van der Waals surface area contributed by atoms with E-state index in [2.05, 4.69) is 0 Å². The van der Waals surface area contributed by atoms with Gasteiger partial charge in [0.25, 0.3) is 5.91 Å². The number of nitrogens with zero attached hydrogens (tertiary/aromatic N) is 1. The van der Waals surface area contributed by atoms with Crippen LogP contribution in [0.5, 0.6) is 0 Å². The number of hydrogen-bond acceptors (Lipinski definition) is 4. The normalized spacial score (nSPS) is 22.0. The molecule has 3 N–H and O–H groups in total. The molecule has 2 atom stereocenters. The summed E-state index contributed by atoms with van der Waals surface area (Å²) in [4.78, 5) is 25.3. The number of hydrogen-bond donors (Lipinski definition) is 2. The van der Waals surface area contributed by atoms with Crippen molar-refractivity contribution in [2.24, 2.45) is 0 Å². The van der Waals surface area contributed by atoms with E-state index in [0.717, 1.165) is 0 Å². The van der Waals surface area contributed by atoms with Gasteiger partial charge in [-0.1, -0.05) is 18.5 Å². The van der Waals surface area contributed by atoms with Gasteiger partial charge >= 0.3 is 5.97 Å². The van der Waals surface area contributed by atoms with E-state index in [9.17, 15) is 14.7 Å². The Kier molecular flexibility index (Phi) is 4.45. The van der Waals surface area contributed by atoms with Gasteiger partial charge in [-0.05, 0) is 24.6 Å². The van der Waals surface area contributed by atoms with Crippen molar-refractivity contribution in [1.82, 2.24) is 4.90 Å². The van der Waals surface area contributed by atoms with Crippen LogP contribution in [-0.2, 0) is 4.79 Å². The summed E-state index contributed by atoms with van der Waals surface area (Å²) in [5.74, 6) is -0.935. The van der Waals surface area contributed by atoms with Crippen LogP contribution in [0.2, 0.25) is 5.02 Å². The Morgan fingerprint density at radius 2 is 2.20 bits per heavy atom. The molecule has 1 fully saturated rings. The van der Waals surface area contributed by atoms with Gasteiger partial charge in [0.2, 0.25) is 0 Å². The number of aliphatic carboxylic acids is 1. The molecule has 0 spiro atoms. The number of nitrogens with two attached hydrogens (primary N) is 1. The lowest BCUT2D eigenvalue weighted by atomic mass is 10.1. The Bertz CT molecular complexity index is 532. The molecule has 0 radical (unpaired) electrons. The molecule has 1 saturated heterocycles. The highest BCUT2D eigenvalue weighted by atomic mass is 35.5. The number of amides is 1. The molecule has 7 heteroatoms. The van der Waals surface area contributed by atoms with Crippen LogP contribution in [0.15, 0.2) is 18.2 Å². The van der Waals surface area contributed by atoms with E-state index in [1.807, 2.05) is 6.92 Å². The van der Waals surface area contributed by atoms with Gasteiger partial charge in [0.15, 0.2) is 0 Å². The Morgan fingerprint density at radius 1 is 1.50 bits per heavy atom. The molecular weight excluding hydrogens is 300 g/mol. The number of rotatable bonds is 3. The van der Waals surface area contributed by atoms with E-state index in [4.69, 9.17) is 17.3 Å². The number of carboxylic acids is 1. The van der Waals surface area contributed by atoms with Gasteiger partial charge in [-0.15, -0.1) is 11.8 Å². The van der Waals surface area contributed by atoms with Crippen molar-refractivity contribution in [3.63, 3.8) is 0 Å². The Hall–Kier alpha value is -1.40. The van der Waals surface area contributed by atoms with Crippen molar-refractivity contribution in [1.29, 1.82) is 0 Å². The summed E-state index contributed by atoms with van der Waals surface area (Å²) in [6.45, 7) is 1.93. The van der Waals surface area contributed by atoms with Crippen molar-refractivity contribution in [2.45, 2.75) is 24.8 Å². The maximum Gasteiger partial charge on any atom is 0.327 e. The summed E-state index contributed by atoms with van der Waals surface area (Å²) in [6, 6.07) is 3.76. The monoisotopic (exact) mass is 314 g/mol. The van der Waals surface area contributed by atoms with Crippen LogP contribution in [0, 0.1) is 0 Å². The molecule has 1 amide bonds. The molecule has 20 heavy (non-hydrogen) atoms. The second kappa shape index (κ2) is 5.93. The van der Waals surface area contributed by atoms with E-state index >= 15 is 0 Å². The maximum absolute atomic E-state index is 12.6. The van der Waals surface area contributed by atoms with E-state index in [-0.39, 0.29) is 11.3 Å². The highest BCUT2D eigenvalue weighted by Crippen LogP contribution is 2.33. The fourth-order valence-electron chi connectivity index (χ4n) is 2.23. The third-order valence-corrected chi connectivity index (χ3v) is 4.80. The van der Waals surface area contributed by atoms with Crippen molar-refractivity contribution in [3.8, 4) is 0 Å². The predicted octanol–water partition coefficient (Wildman–Crippen LogP) is 2.30. The second-order valence-corrected chi connectivity index (χ2v) is 6.18. The number of thioether (sulfide) groups is 1. The molecule has 2 unspecified atom stereocenters. The summed E-state index contributed by atoms with van der Waals surface area (Å²) in [5.41, 5.74) is 6.38. The van der Waals surface area contributed by atoms with Crippen LogP contribution in [0.4, 0.5) is 5.69 Å². The SMILES string of the molecule is CCC1SCC(C(=O)O)N1C(=O)c1cc(N)cc(Cl)c1. The lowest BCUT2D eigenvalue weighted by Crippen LogP contribution is -2.45. The Labute approximate surface area is 126 Å². The van der Waals surface area contributed by atoms with Gasteiger partial charge in [0, 0.05) is 22.0 Å². The largest absolute Gasteiger partial charge is 0.480 e. The smallest absolute Gasteiger partial charge is 0.327 e. The molecular formula is C13H15ClN2O3S. The lowest BCUT2D eigenvalue weighted by molar-refractivity contribution is -0.141. The van der Waals surface area contributed by atoms with Crippen LogP contribution < -0.4 is 5.73 Å². The minimum atomic E-state index is -0.989. The fourth-order valence-corrected chi connectivity index (χ4v) is 3.82. The molecule has 0 bridgehead atoms. The van der Waals surface area contributed by atoms with Gasteiger partial charge < -0.3 is 15.7 Å². The van der Waals surface area contributed by atoms with Crippen LogP contribution in [0.3, 0.4) is 0 Å². The lowest BCUT2D eigenvalue weighted by Gasteiger charge is -2.26. The fraction of sp³-hybridized carbons (Fsp3) is 0.385. The first-order chi connectivity index (χ1) is 9.43. The number of anilines is 1. The van der Waals surface area contributed by atoms with Gasteiger partial charge in [0.1, 0.15) is 6.04 Å². The van der Waals surface area contributed by atoms with E-state index in [1.54, 1.807) is 6.07 Å². The topological polar surface area (TPSA) is 83.6 Å². The quantitative estimate of drug-likeness (QED) is 0.836. The average molecular weight is 315 g/mol. The summed E-state index contributed by atoms with van der Waals surface area (Å²) in [7, 11) is 0. The van der Waals surface area contributed by atoms with E-state index in [0.29, 0.717) is 28.4 Å². The first-order valence-corrected chi connectivity index (χ1v) is 7.59. The standard InChI is InChI=1S/C13H15ClN2O3S/c1-2-11-16(10(6-20-11)13(18)19)12(17)7-3-8(14)5-9(15)4-7/h3-5,10-11H,2,6,15H2,1H3,(H,18,19). The average Bonchev–Trinajstić information content (AvgIpc) is 2.80. The van der Waals surface area contributed by atoms with Crippen LogP contribution >= 0.6 is 23.4 Å². The molecule has 1 aliphatic rings. The van der Waals surface area contributed by atoms with Gasteiger partial charge in [-0.2, -0.15) is 0 Å². The number of carbonyl (C=O) groups excluding carboxylic acids is 1. The molecule has 1 heterocycles. The van der Waals surface area contributed by atoms with Crippen molar-refractivity contribution in [3.05, 3.63) is 28.8 Å². The number of halogens is 1. The molecule has 1 aromatic carbocycles. The molecule has 0 aliphatic carbocycles. The summed E-state index contributed by atoms with van der Waals surface area (Å²) < 4.78 is 0. The van der Waals surface area contributed by atoms with Crippen LogP contribution in [0.25, 0.3) is 0 Å². The third kappa shape index (κ3) is 2.86. The predicted molar refractivity (Wildman–Crippen MR) is 80.0 cm³/mol. The highest BCUT2D eigenvalue weighted by molar-refractivity contribution is 8.00. The zero-order valence-electron chi connectivity index (χ0n) is 10.9. The van der Waals surface area contributed by atoms with Gasteiger partial charge in [0.05, 0.1) is 5.37 Å². The Balaban J connectivity index is 2.35. The third-order valence-electron chi connectivity index (χ3n) is 3.13. The maximum atomic E-state index is 12.6. The van der Waals surface area contributed by atoms with Crippen molar-refractivity contribution in [2.75, 3.05) is 11.5 Å². The minimum absolute atomic E-state index is 0.135. The summed E-state index contributed by atoms with van der Waals surface area (Å²) in [5, 5.41) is 9.47. The number of carbonyl (C=O) groups is 2. The molecule has 0 saturated carbocycles. The second-order valence-electron chi connectivity index (χ2n) is 4.54.